The molecule has 140 heavy (non-hydrogen) atoms. The first-order valence-electron chi connectivity index (χ1n) is 64.3. The smallest absolute Gasteiger partial charge is 0.493 e. The molecule has 2 nitrogen and oxygen atoms in total. The maximum Gasteiger partial charge on any atom is 2.00 e. The van der Waals surface area contributed by atoms with E-state index in [0.717, 1.165) is 90.6 Å². The first-order chi connectivity index (χ1) is 68.9. The van der Waals surface area contributed by atoms with Gasteiger partial charge in [-0.3, -0.25) is 0 Å². The number of hydrogen-bond acceptors (Lipinski definition) is 0. The number of hydrogen-bond donors (Lipinski definition) is 0. The van der Waals surface area contributed by atoms with Gasteiger partial charge in [-0.25, -0.2) is 4.70 Å². The van der Waals surface area contributed by atoms with Gasteiger partial charge < -0.3 is 19.4 Å². The zero-order valence-corrected chi connectivity index (χ0v) is 97.8. The zero-order valence-electron chi connectivity index (χ0n) is 96.3. The predicted octanol–water partition coefficient (Wildman–Crippen LogP) is 49.2. The molecule has 0 saturated carbocycles. The van der Waals surface area contributed by atoms with Crippen LogP contribution in [0.15, 0.2) is 60.2 Å². The Hall–Kier alpha value is -2.96. The monoisotopic (exact) mass is 2030 g/mol. The van der Waals surface area contributed by atoms with Crippen LogP contribution in [-0.4, -0.2) is 4.70 Å². The second kappa shape index (κ2) is 116. The van der Waals surface area contributed by atoms with Gasteiger partial charge in [-0.1, -0.05) is 700 Å². The molecule has 0 atom stereocenters. The molecule has 0 fully saturated rings. The maximum absolute atomic E-state index is 12.3. The maximum atomic E-state index is 12.3. The number of nitrogens with zero attached hydrogens (tertiary/aromatic N) is 2. The van der Waals surface area contributed by atoms with E-state index in [2.05, 4.69) is 141 Å². The van der Waals surface area contributed by atoms with E-state index in [9.17, 15) is 5.53 Å². The van der Waals surface area contributed by atoms with Gasteiger partial charge in [0, 0.05) is 41.2 Å². The summed E-state index contributed by atoms with van der Waals surface area (Å²) >= 11 is 0. The fourth-order valence-electron chi connectivity index (χ4n) is 21.2. The summed E-state index contributed by atoms with van der Waals surface area (Å²) in [6.45, 7) is 23.7. The molecule has 2 aromatic rings. The van der Waals surface area contributed by atoms with Crippen molar-refractivity contribution in [3.05, 3.63) is 113 Å². The van der Waals surface area contributed by atoms with Crippen molar-refractivity contribution in [3.63, 3.8) is 0 Å². The van der Waals surface area contributed by atoms with Gasteiger partial charge in [-0.15, -0.1) is 0 Å². The molecule has 3 rings (SSSR count). The summed E-state index contributed by atoms with van der Waals surface area (Å²) in [5.74, 6) is 14.2. The van der Waals surface area contributed by atoms with E-state index in [0.29, 0.717) is 0 Å². The van der Waals surface area contributed by atoms with Crippen LogP contribution in [0.5, 0.6) is 0 Å². The molecule has 0 aromatic heterocycles. The van der Waals surface area contributed by atoms with Crippen LogP contribution in [0.2, 0.25) is 0 Å². The van der Waals surface area contributed by atoms with Gasteiger partial charge >= 0.3 is 20.4 Å². The molecule has 1 heterocycles. The molecule has 1 aliphatic heterocycles. The van der Waals surface area contributed by atoms with E-state index in [1.165, 1.54) is 645 Å². The standard InChI is InChI=1S/C79H128N2.2C29H59.Pd/c1-6-11-15-17-19-21-23-25-27-29-31-33-35-37-39-41-43-45-47-49-51-53-57-62-71-64-72(63-58-54-52-50-48-46-44-42-40-38-36-34-32-30-28-26-24-22-20-18-16-12-7-2)67-76(66-71)78-70-75(59-10-5)79(81(78)80)77-68-73(60-55-13-8-3)65-74(69-77)61-56-14-9-4;2*1-3-5-7-9-11-13-15-17-19-21-23-25-27-29-28-26-24-22-20-18-16-14-12-10-8-6-4-2;/h10,59,64-70H,6-9,11-56,60-61H2,1-5H3;2*1,3-29H2,2H3;/q;2*-1;+2. The summed E-state index contributed by atoms with van der Waals surface area (Å²) < 4.78 is 1.46. The van der Waals surface area contributed by atoms with Crippen LogP contribution in [0.4, 0.5) is 0 Å². The molecule has 0 aliphatic carbocycles. The van der Waals surface area contributed by atoms with Crippen LogP contribution in [0.25, 0.3) is 16.9 Å². The van der Waals surface area contributed by atoms with E-state index < -0.39 is 0 Å². The average Bonchev–Trinajstić information content (AvgIpc) is 1.62. The van der Waals surface area contributed by atoms with E-state index in [-0.39, 0.29) is 20.4 Å². The summed E-state index contributed by atoms with van der Waals surface area (Å²) in [5, 5.41) is 0. The molecule has 0 radical (unpaired) electrons. The van der Waals surface area contributed by atoms with Crippen molar-refractivity contribution < 1.29 is 25.1 Å². The van der Waals surface area contributed by atoms with Crippen LogP contribution in [0, 0.1) is 37.5 Å². The normalized spacial score (nSPS) is 11.9. The topological polar surface area (TPSA) is 25.3 Å². The Morgan fingerprint density at radius 2 is 0.414 bits per heavy atom. The van der Waals surface area contributed by atoms with Gasteiger partial charge in [0.2, 0.25) is 11.4 Å². The zero-order chi connectivity index (χ0) is 99.9. The van der Waals surface area contributed by atoms with Crippen molar-refractivity contribution in [1.29, 1.82) is 0 Å². The molecule has 3 heteroatoms. The van der Waals surface area contributed by atoms with Crippen molar-refractivity contribution >= 4 is 11.4 Å². The van der Waals surface area contributed by atoms with Crippen LogP contribution in [0.1, 0.15) is 750 Å². The summed E-state index contributed by atoms with van der Waals surface area (Å²) in [7, 11) is 0. The number of rotatable bonds is 105. The molecule has 0 N–H and O–H groups in total. The number of unbranched alkanes of at least 4 members (excludes halogenated alkanes) is 98. The molecule has 1 aliphatic rings. The fraction of sp³-hybridized carbons (Fsp3) is 0.825. The summed E-state index contributed by atoms with van der Waals surface area (Å²) in [5.41, 5.74) is 21.8. The van der Waals surface area contributed by atoms with Crippen molar-refractivity contribution in [2.75, 3.05) is 0 Å². The first-order valence-corrected chi connectivity index (χ1v) is 64.3. The minimum atomic E-state index is 0. The molecule has 0 unspecified atom stereocenters. The minimum absolute atomic E-state index is 0. The van der Waals surface area contributed by atoms with E-state index in [1.54, 1.807) is 0 Å². The van der Waals surface area contributed by atoms with Gasteiger partial charge in [-0.2, -0.15) is 12.8 Å². The third-order valence-corrected chi connectivity index (χ3v) is 30.5. The Balaban J connectivity index is 0.00000266. The Morgan fingerprint density at radius 3 is 0.607 bits per heavy atom. The van der Waals surface area contributed by atoms with Gasteiger partial charge in [0.25, 0.3) is 0 Å². The number of benzene rings is 2. The summed E-state index contributed by atoms with van der Waals surface area (Å²) in [6, 6.07) is 13.6. The van der Waals surface area contributed by atoms with E-state index in [4.69, 9.17) is 0 Å². The SMILES string of the molecule is CC=CC1=C(c2cc(CCCCC)cc(CCCCC)c2)[N+](=[N-])C(c2cc(C#CCCCCCCCCCCCCCCCCCCCCCCC)cc(C#CCCCCCCCCCCCCCCCCCCCCCCC)c2)=C1.[CH2-]CCCCCCCCCCCCCCCCCCCCCCCCCCCC.[CH2-]CCCCCCCCCCCCCCCCCCCCCCCCCCCC.[Pd+2]. The Morgan fingerprint density at radius 1 is 0.229 bits per heavy atom. The van der Waals surface area contributed by atoms with E-state index >= 15 is 0 Å². The molecule has 0 spiro atoms. The summed E-state index contributed by atoms with van der Waals surface area (Å²) in [6.07, 6.45) is 155. The predicted molar refractivity (Wildman–Crippen MR) is 632 cm³/mol. The third kappa shape index (κ3) is 94.7. The quantitative estimate of drug-likeness (QED) is 0.0207. The van der Waals surface area contributed by atoms with Gasteiger partial charge in [0.15, 0.2) is 0 Å². The van der Waals surface area contributed by atoms with Crippen molar-refractivity contribution in [3.8, 4) is 23.7 Å². The Bertz CT molecular complexity index is 2840. The Labute approximate surface area is 895 Å². The number of allylic oxidation sites excluding steroid dienone is 4. The third-order valence-electron chi connectivity index (χ3n) is 30.5. The first kappa shape index (κ1) is 137. The molecule has 0 saturated heterocycles. The molecule has 814 valence electrons. The fourth-order valence-corrected chi connectivity index (χ4v) is 21.2. The van der Waals surface area contributed by atoms with Crippen LogP contribution in [-0.2, 0) is 33.3 Å². The van der Waals surface area contributed by atoms with Crippen molar-refractivity contribution in [1.82, 2.24) is 0 Å². The van der Waals surface area contributed by atoms with Crippen molar-refractivity contribution in [2.24, 2.45) is 0 Å². The van der Waals surface area contributed by atoms with Crippen LogP contribution in [0.3, 0.4) is 0 Å². The van der Waals surface area contributed by atoms with Crippen LogP contribution < -0.4 is 0 Å². The average molecular weight is 2030 g/mol. The van der Waals surface area contributed by atoms with Gasteiger partial charge in [0.1, 0.15) is 0 Å². The number of aryl methyl sites for hydroxylation is 2. The second-order valence-electron chi connectivity index (χ2n) is 44.5. The largest absolute Gasteiger partial charge is 2.00 e. The Kier molecular flexibility index (Phi) is 114. The minimum Gasteiger partial charge on any atom is -0.493 e. The van der Waals surface area contributed by atoms with E-state index in [1.807, 2.05) is 0 Å². The molecule has 0 amide bonds. The second-order valence-corrected chi connectivity index (χ2v) is 44.5. The molecular formula is C137H246N2Pd. The van der Waals surface area contributed by atoms with Gasteiger partial charge in [0.05, 0.1) is 5.57 Å². The van der Waals surface area contributed by atoms with Crippen LogP contribution >= 0.6 is 0 Å². The molecular weight excluding hydrogens is 1780 g/mol. The summed E-state index contributed by atoms with van der Waals surface area (Å²) in [4.78, 5) is 0. The molecule has 0 bridgehead atoms. The van der Waals surface area contributed by atoms with Crippen molar-refractivity contribution in [2.45, 2.75) is 729 Å². The molecule has 2 aromatic carbocycles. The van der Waals surface area contributed by atoms with Gasteiger partial charge in [-0.05, 0) is 86.9 Å².